The van der Waals surface area contributed by atoms with Crippen LogP contribution in [0.2, 0.25) is 0 Å². The minimum Gasteiger partial charge on any atom is -0.497 e. The average molecular weight is 732 g/mol. The summed E-state index contributed by atoms with van der Waals surface area (Å²) >= 11 is 0. The molecule has 0 radical (unpaired) electrons. The number of aromatic nitrogens is 3. The summed E-state index contributed by atoms with van der Waals surface area (Å²) in [5, 5.41) is 7.80. The number of benzene rings is 2. The van der Waals surface area contributed by atoms with Gasteiger partial charge in [-0.2, -0.15) is 4.68 Å². The highest BCUT2D eigenvalue weighted by atomic mass is 32.2. The van der Waals surface area contributed by atoms with Crippen LogP contribution < -0.4 is 19.7 Å². The zero-order valence-electron chi connectivity index (χ0n) is 30.3. The molecule has 3 aliphatic rings. The Kier molecular flexibility index (Phi) is 8.09. The highest BCUT2D eigenvalue weighted by Gasteiger charge is 2.68. The van der Waals surface area contributed by atoms with Gasteiger partial charge in [0.2, 0.25) is 5.91 Å². The minimum atomic E-state index is -3.52. The number of anilines is 3. The number of hydrogen-bond acceptors (Lipinski definition) is 12. The lowest BCUT2D eigenvalue weighted by Gasteiger charge is -2.24. The van der Waals surface area contributed by atoms with Gasteiger partial charge in [-0.25, -0.2) is 27.9 Å². The molecule has 0 saturated heterocycles. The molecule has 2 aliphatic carbocycles. The van der Waals surface area contributed by atoms with Gasteiger partial charge < -0.3 is 24.3 Å². The third-order valence-electron chi connectivity index (χ3n) is 9.30. The lowest BCUT2D eigenvalue weighted by molar-refractivity contribution is -0.120. The van der Waals surface area contributed by atoms with E-state index in [0.717, 1.165) is 15.1 Å². The summed E-state index contributed by atoms with van der Waals surface area (Å²) in [6.07, 6.45) is 1.41. The zero-order valence-corrected chi connectivity index (χ0v) is 31.1. The molecule has 7 rings (SSSR count). The molecule has 2 fully saturated rings. The predicted octanol–water partition coefficient (Wildman–Crippen LogP) is 6.62. The van der Waals surface area contributed by atoms with E-state index in [-0.39, 0.29) is 28.2 Å². The first-order chi connectivity index (χ1) is 24.4. The number of nitrogens with one attached hydrogen (secondary N) is 1. The molecule has 1 spiro atoms. The van der Waals surface area contributed by atoms with Crippen molar-refractivity contribution in [1.29, 1.82) is 0 Å². The van der Waals surface area contributed by atoms with Gasteiger partial charge in [-0.1, -0.05) is 6.07 Å². The van der Waals surface area contributed by atoms with Crippen molar-refractivity contribution in [2.75, 3.05) is 24.4 Å². The molecular weight excluding hydrogens is 690 g/mol. The maximum absolute atomic E-state index is 14.3. The molecule has 1 aliphatic heterocycles. The third-order valence-corrected chi connectivity index (χ3v) is 11.5. The van der Waals surface area contributed by atoms with Gasteiger partial charge in [0.15, 0.2) is 27.2 Å². The summed E-state index contributed by atoms with van der Waals surface area (Å²) < 4.78 is 49.2. The Morgan fingerprint density at radius 1 is 0.904 bits per heavy atom. The highest BCUT2D eigenvalue weighted by molar-refractivity contribution is 7.92. The molecule has 0 unspecified atom stereocenters. The smallest absolute Gasteiger partial charge is 0.435 e. The van der Waals surface area contributed by atoms with Crippen molar-refractivity contribution < 1.29 is 41.7 Å². The van der Waals surface area contributed by atoms with E-state index >= 15 is 0 Å². The summed E-state index contributed by atoms with van der Waals surface area (Å²) in [5.41, 5.74) is -0.501. The average Bonchev–Trinajstić information content (AvgIpc) is 3.99. The van der Waals surface area contributed by atoms with Gasteiger partial charge >= 0.3 is 12.2 Å². The molecule has 52 heavy (non-hydrogen) atoms. The maximum atomic E-state index is 14.3. The van der Waals surface area contributed by atoms with Crippen LogP contribution in [0.15, 0.2) is 53.6 Å². The number of sulfone groups is 1. The van der Waals surface area contributed by atoms with Gasteiger partial charge in [0.05, 0.1) is 41.0 Å². The fraction of sp³-hybridized carbons (Fsp3) is 0.432. The fourth-order valence-corrected chi connectivity index (χ4v) is 8.32. The van der Waals surface area contributed by atoms with Crippen molar-refractivity contribution in [3.8, 4) is 11.5 Å². The van der Waals surface area contributed by atoms with Crippen LogP contribution in [-0.2, 0) is 29.5 Å². The topological polar surface area (TPSA) is 168 Å². The Morgan fingerprint density at radius 3 is 2.23 bits per heavy atom. The molecule has 2 amide bonds. The normalized spacial score (nSPS) is 19.8. The van der Waals surface area contributed by atoms with E-state index in [0.29, 0.717) is 47.2 Å². The molecule has 15 heteroatoms. The number of imide groups is 1. The second-order valence-electron chi connectivity index (χ2n) is 15.3. The number of fused-ring (bicyclic) bond motifs is 3. The van der Waals surface area contributed by atoms with E-state index in [2.05, 4.69) is 15.4 Å². The molecule has 14 nitrogen and oxygen atoms in total. The molecule has 2 aromatic carbocycles. The van der Waals surface area contributed by atoms with E-state index in [1.54, 1.807) is 71.9 Å². The van der Waals surface area contributed by atoms with Crippen LogP contribution in [0.3, 0.4) is 0 Å². The SMILES string of the molecule is COc1ccc2c(c1)[C@]1(C[C@H]1c1ccc3c(Nc4ncc(S(=O)(=O)C5CC5)cc4OC)nn(C(=O)OC(C)(C)C)c3c1)C(=O)N2C(=O)OC(C)(C)C. The van der Waals surface area contributed by atoms with Crippen molar-refractivity contribution in [3.05, 3.63) is 59.8 Å². The monoisotopic (exact) mass is 731 g/mol. The van der Waals surface area contributed by atoms with Crippen LogP contribution in [0, 0.1) is 0 Å². The van der Waals surface area contributed by atoms with Crippen molar-refractivity contribution in [1.82, 2.24) is 14.8 Å². The summed E-state index contributed by atoms with van der Waals surface area (Å²) in [6.45, 7) is 10.5. The first-order valence-electron chi connectivity index (χ1n) is 16.9. The van der Waals surface area contributed by atoms with E-state index in [1.807, 2.05) is 6.07 Å². The number of carbonyl (C=O) groups excluding carboxylic acids is 3. The standard InChI is InChI=1S/C37H41N5O9S/c1-35(2,3)50-33(44)41-27-14-10-21(48-7)16-25(27)37(32(41)43)18-26(37)20-9-13-24-28(15-20)42(34(45)51-36(4,5)6)40-30(24)39-31-29(49-8)17-23(19-38-31)52(46,47)22-11-12-22/h9-10,13-17,19,22,26H,11-12,18H2,1-8H3,(H,38,39,40)/t26-,37-/m0/s1. The van der Waals surface area contributed by atoms with Gasteiger partial charge in [-0.15, -0.1) is 5.10 Å². The van der Waals surface area contributed by atoms with Gasteiger partial charge in [0.1, 0.15) is 17.0 Å². The number of nitrogens with zero attached hydrogens (tertiary/aromatic N) is 4. The number of amides is 2. The number of ether oxygens (including phenoxy) is 4. The largest absolute Gasteiger partial charge is 0.497 e. The van der Waals surface area contributed by atoms with Crippen LogP contribution in [0.5, 0.6) is 11.5 Å². The van der Waals surface area contributed by atoms with Gasteiger partial charge in [0, 0.05) is 23.6 Å². The van der Waals surface area contributed by atoms with Crippen LogP contribution in [0.1, 0.15) is 77.8 Å². The Bertz CT molecular complexity index is 2270. The number of carbonyl (C=O) groups is 3. The first-order valence-corrected chi connectivity index (χ1v) is 18.5. The summed E-state index contributed by atoms with van der Waals surface area (Å²) in [6, 6.07) is 12.0. The lowest BCUT2D eigenvalue weighted by atomic mass is 9.91. The molecule has 2 aromatic heterocycles. The number of pyridine rings is 1. The van der Waals surface area contributed by atoms with Gasteiger partial charge in [0.25, 0.3) is 0 Å². The number of methoxy groups -OCH3 is 2. The summed E-state index contributed by atoms with van der Waals surface area (Å²) in [7, 11) is -0.572. The van der Waals surface area contributed by atoms with Crippen LogP contribution in [0.25, 0.3) is 10.9 Å². The Morgan fingerprint density at radius 2 is 1.60 bits per heavy atom. The zero-order chi connectivity index (χ0) is 37.5. The van der Waals surface area contributed by atoms with Crippen molar-refractivity contribution in [3.63, 3.8) is 0 Å². The minimum absolute atomic E-state index is 0.0652. The van der Waals surface area contributed by atoms with Crippen LogP contribution in [0.4, 0.5) is 26.9 Å². The van der Waals surface area contributed by atoms with Crippen molar-refractivity contribution >= 4 is 56.2 Å². The highest BCUT2D eigenvalue weighted by Crippen LogP contribution is 2.67. The summed E-state index contributed by atoms with van der Waals surface area (Å²) in [4.78, 5) is 46.8. The van der Waals surface area contributed by atoms with E-state index in [4.69, 9.17) is 18.9 Å². The molecule has 2 saturated carbocycles. The molecule has 1 N–H and O–H groups in total. The Hall–Kier alpha value is -5.18. The van der Waals surface area contributed by atoms with Crippen molar-refractivity contribution in [2.24, 2.45) is 0 Å². The maximum Gasteiger partial charge on any atom is 0.435 e. The molecule has 3 heterocycles. The third kappa shape index (κ3) is 5.99. The molecule has 0 bridgehead atoms. The van der Waals surface area contributed by atoms with E-state index in [1.165, 1.54) is 26.5 Å². The lowest BCUT2D eigenvalue weighted by Crippen LogP contribution is -2.41. The predicted molar refractivity (Wildman–Crippen MR) is 191 cm³/mol. The molecule has 2 atom stereocenters. The molecular formula is C37H41N5O9S. The Labute approximate surface area is 301 Å². The number of rotatable bonds is 7. The van der Waals surface area contributed by atoms with Crippen LogP contribution in [-0.4, -0.2) is 71.9 Å². The van der Waals surface area contributed by atoms with Gasteiger partial charge in [-0.05, 0) is 102 Å². The molecule has 274 valence electrons. The second-order valence-corrected chi connectivity index (χ2v) is 17.6. The van der Waals surface area contributed by atoms with E-state index in [9.17, 15) is 22.8 Å². The first kappa shape index (κ1) is 35.2. The van der Waals surface area contributed by atoms with Crippen LogP contribution >= 0.6 is 0 Å². The molecule has 4 aromatic rings. The van der Waals surface area contributed by atoms with Gasteiger partial charge in [-0.3, -0.25) is 4.79 Å². The number of hydrogen-bond donors (Lipinski definition) is 1. The summed E-state index contributed by atoms with van der Waals surface area (Å²) in [5.74, 6) is 0.403. The Balaban J connectivity index is 1.29. The fourth-order valence-electron chi connectivity index (χ4n) is 6.71. The van der Waals surface area contributed by atoms with E-state index < -0.39 is 49.8 Å². The quantitative estimate of drug-likeness (QED) is 0.216. The second kappa shape index (κ2) is 11.9. The van der Waals surface area contributed by atoms with Crippen molar-refractivity contribution in [2.45, 2.75) is 93.5 Å².